The molecule has 31 heavy (non-hydrogen) atoms. The lowest BCUT2D eigenvalue weighted by Crippen LogP contribution is -2.33. The van der Waals surface area contributed by atoms with Gasteiger partial charge < -0.3 is 19.2 Å². The van der Waals surface area contributed by atoms with Crippen LogP contribution in [0.1, 0.15) is 22.4 Å². The molecule has 162 valence electrons. The molecule has 0 unspecified atom stereocenters. The molecule has 0 saturated carbocycles. The van der Waals surface area contributed by atoms with Crippen LogP contribution in [0.4, 0.5) is 0 Å². The highest BCUT2D eigenvalue weighted by Gasteiger charge is 2.34. The number of β-amino-alcohol motifs (C(OH)–C–C–N with tert-alkyl or cyclic N) is 1. The molecule has 1 aliphatic heterocycles. The van der Waals surface area contributed by atoms with Crippen LogP contribution < -0.4 is 10.4 Å². The highest BCUT2D eigenvalue weighted by Crippen LogP contribution is 2.31. The second-order valence-corrected chi connectivity index (χ2v) is 8.22. The molecular weight excluding hydrogens is 396 g/mol. The maximum absolute atomic E-state index is 12.8. The molecule has 2 aromatic heterocycles. The molecule has 1 aromatic carbocycles. The molecule has 2 atom stereocenters. The van der Waals surface area contributed by atoms with E-state index in [2.05, 4.69) is 4.98 Å². The van der Waals surface area contributed by atoms with Crippen LogP contribution in [0.5, 0.6) is 5.75 Å². The average Bonchev–Trinajstić information content (AvgIpc) is 3.11. The number of ether oxygens (including phenoxy) is 1. The minimum atomic E-state index is -0.593. The van der Waals surface area contributed by atoms with Crippen molar-refractivity contribution in [3.05, 3.63) is 69.3 Å². The summed E-state index contributed by atoms with van der Waals surface area (Å²) >= 11 is 0. The molecule has 0 radical (unpaired) electrons. The van der Waals surface area contributed by atoms with Gasteiger partial charge in [-0.05, 0) is 62.6 Å². The average molecular weight is 422 g/mol. The Balaban J connectivity index is 1.47. The maximum Gasteiger partial charge on any atom is 0.339 e. The smallest absolute Gasteiger partial charge is 0.339 e. The Bertz CT molecular complexity index is 1170. The maximum atomic E-state index is 12.8. The second-order valence-electron chi connectivity index (χ2n) is 8.22. The zero-order valence-corrected chi connectivity index (χ0v) is 17.9. The molecule has 0 aliphatic carbocycles. The van der Waals surface area contributed by atoms with Crippen LogP contribution in [0, 0.1) is 26.7 Å². The molecule has 0 bridgehead atoms. The van der Waals surface area contributed by atoms with E-state index in [4.69, 9.17) is 9.15 Å². The minimum absolute atomic E-state index is 0.0576. The molecule has 0 spiro atoms. The van der Waals surface area contributed by atoms with Crippen LogP contribution in [0.2, 0.25) is 0 Å². The number of aliphatic hydroxyl groups excluding tert-OH is 1. The van der Waals surface area contributed by atoms with Crippen molar-refractivity contribution in [3.8, 4) is 5.75 Å². The summed E-state index contributed by atoms with van der Waals surface area (Å²) in [6, 6.07) is 9.32. The number of aliphatic hydroxyl groups is 1. The fourth-order valence-electron chi connectivity index (χ4n) is 4.08. The number of hydrogen-bond donors (Lipinski definition) is 1. The van der Waals surface area contributed by atoms with Gasteiger partial charge in [0.25, 0.3) is 5.91 Å². The largest absolute Gasteiger partial charge is 0.483 e. The fraction of sp³-hybridized carbons (Fsp3) is 0.375. The highest BCUT2D eigenvalue weighted by molar-refractivity contribution is 5.88. The lowest BCUT2D eigenvalue weighted by Gasteiger charge is -2.18. The van der Waals surface area contributed by atoms with Crippen LogP contribution in [0.15, 0.2) is 45.7 Å². The molecule has 7 nitrogen and oxygen atoms in total. The molecular formula is C24H26N2O5. The summed E-state index contributed by atoms with van der Waals surface area (Å²) in [5, 5.41) is 11.1. The van der Waals surface area contributed by atoms with E-state index in [0.29, 0.717) is 35.2 Å². The number of nitrogens with zero attached hydrogens (tertiary/aromatic N) is 2. The van der Waals surface area contributed by atoms with Crippen molar-refractivity contribution >= 4 is 16.9 Å². The fourth-order valence-corrected chi connectivity index (χ4v) is 4.08. The second kappa shape index (κ2) is 8.51. The van der Waals surface area contributed by atoms with Crippen molar-refractivity contribution in [2.45, 2.75) is 33.3 Å². The van der Waals surface area contributed by atoms with E-state index in [9.17, 15) is 14.7 Å². The quantitative estimate of drug-likeness (QED) is 0.636. The predicted molar refractivity (Wildman–Crippen MR) is 116 cm³/mol. The zero-order chi connectivity index (χ0) is 22.1. The molecule has 1 amide bonds. The van der Waals surface area contributed by atoms with Crippen molar-refractivity contribution < 1.29 is 19.1 Å². The Kier molecular flexibility index (Phi) is 5.78. The first-order valence-electron chi connectivity index (χ1n) is 10.4. The van der Waals surface area contributed by atoms with E-state index in [-0.39, 0.29) is 30.6 Å². The molecule has 3 aromatic rings. The van der Waals surface area contributed by atoms with Gasteiger partial charge in [-0.15, -0.1) is 0 Å². The third-order valence-electron chi connectivity index (χ3n) is 5.96. The van der Waals surface area contributed by atoms with Crippen molar-refractivity contribution in [1.82, 2.24) is 9.88 Å². The van der Waals surface area contributed by atoms with Gasteiger partial charge in [0.05, 0.1) is 11.5 Å². The van der Waals surface area contributed by atoms with E-state index < -0.39 is 6.10 Å². The number of rotatable bonds is 5. The number of amides is 1. The van der Waals surface area contributed by atoms with E-state index in [1.54, 1.807) is 24.1 Å². The molecule has 1 aliphatic rings. The van der Waals surface area contributed by atoms with Gasteiger partial charge in [0.1, 0.15) is 11.3 Å². The van der Waals surface area contributed by atoms with Gasteiger partial charge in [-0.25, -0.2) is 4.79 Å². The topological polar surface area (TPSA) is 92.9 Å². The Morgan fingerprint density at radius 3 is 2.77 bits per heavy atom. The van der Waals surface area contributed by atoms with Crippen LogP contribution in [-0.2, 0) is 11.2 Å². The van der Waals surface area contributed by atoms with Crippen molar-refractivity contribution in [2.24, 2.45) is 5.92 Å². The molecule has 1 saturated heterocycles. The van der Waals surface area contributed by atoms with E-state index in [1.165, 1.54) is 0 Å². The Morgan fingerprint density at radius 1 is 1.23 bits per heavy atom. The van der Waals surface area contributed by atoms with Gasteiger partial charge in [-0.1, -0.05) is 6.07 Å². The van der Waals surface area contributed by atoms with Crippen molar-refractivity contribution in [3.63, 3.8) is 0 Å². The predicted octanol–water partition coefficient (Wildman–Crippen LogP) is 2.55. The standard InChI is InChI=1S/C24H26N2O5/c1-14-8-20(23-15(2)16(3)24(29)31-21(23)9-14)30-13-22(28)26-11-17(19(27)12-26)10-18-6-4-5-7-25-18/h4-9,17,19,27H,10-13H2,1-3H3/t17-,19-/m1/s1. The summed E-state index contributed by atoms with van der Waals surface area (Å²) in [7, 11) is 0. The number of carbonyl (C=O) groups is 1. The summed E-state index contributed by atoms with van der Waals surface area (Å²) in [6.07, 6.45) is 1.75. The minimum Gasteiger partial charge on any atom is -0.483 e. The number of aromatic nitrogens is 1. The molecule has 1 N–H and O–H groups in total. The van der Waals surface area contributed by atoms with Crippen LogP contribution >= 0.6 is 0 Å². The Hall–Kier alpha value is -3.19. The van der Waals surface area contributed by atoms with Gasteiger partial charge in [-0.2, -0.15) is 0 Å². The number of benzene rings is 1. The summed E-state index contributed by atoms with van der Waals surface area (Å²) in [6.45, 7) is 6.02. The van der Waals surface area contributed by atoms with Gasteiger partial charge in [0.2, 0.25) is 0 Å². The lowest BCUT2D eigenvalue weighted by atomic mass is 10.00. The zero-order valence-electron chi connectivity index (χ0n) is 17.9. The monoisotopic (exact) mass is 422 g/mol. The molecule has 3 heterocycles. The first-order chi connectivity index (χ1) is 14.8. The third kappa shape index (κ3) is 4.32. The summed E-state index contributed by atoms with van der Waals surface area (Å²) in [5.74, 6) is 0.263. The Labute approximate surface area is 180 Å². The van der Waals surface area contributed by atoms with Crippen LogP contribution in [0.25, 0.3) is 11.0 Å². The number of aryl methyl sites for hydroxylation is 2. The van der Waals surface area contributed by atoms with Gasteiger partial charge in [0, 0.05) is 36.5 Å². The molecule has 1 fully saturated rings. The number of fused-ring (bicyclic) bond motifs is 1. The normalized spacial score (nSPS) is 18.5. The Morgan fingerprint density at radius 2 is 2.03 bits per heavy atom. The van der Waals surface area contributed by atoms with Gasteiger partial charge >= 0.3 is 5.63 Å². The highest BCUT2D eigenvalue weighted by atomic mass is 16.5. The first-order valence-corrected chi connectivity index (χ1v) is 10.4. The van der Waals surface area contributed by atoms with Crippen LogP contribution in [-0.4, -0.2) is 46.7 Å². The third-order valence-corrected chi connectivity index (χ3v) is 5.96. The molecule has 4 rings (SSSR count). The van der Waals surface area contributed by atoms with Crippen LogP contribution in [0.3, 0.4) is 0 Å². The number of pyridine rings is 1. The summed E-state index contributed by atoms with van der Waals surface area (Å²) in [5.41, 5.74) is 3.14. The first kappa shape index (κ1) is 21.1. The van der Waals surface area contributed by atoms with Gasteiger partial charge in [-0.3, -0.25) is 9.78 Å². The number of hydrogen-bond acceptors (Lipinski definition) is 6. The van der Waals surface area contributed by atoms with E-state index in [1.807, 2.05) is 38.1 Å². The van der Waals surface area contributed by atoms with Crippen molar-refractivity contribution in [2.75, 3.05) is 19.7 Å². The number of likely N-dealkylation sites (tertiary alicyclic amines) is 1. The summed E-state index contributed by atoms with van der Waals surface area (Å²) in [4.78, 5) is 30.7. The van der Waals surface area contributed by atoms with E-state index >= 15 is 0 Å². The lowest BCUT2D eigenvalue weighted by molar-refractivity contribution is -0.132. The van der Waals surface area contributed by atoms with Crippen molar-refractivity contribution in [1.29, 1.82) is 0 Å². The van der Waals surface area contributed by atoms with E-state index in [0.717, 1.165) is 16.8 Å². The SMILES string of the molecule is Cc1cc(OCC(=O)N2C[C@@H](Cc3ccccn3)[C@H](O)C2)c2c(C)c(C)c(=O)oc2c1. The van der Waals surface area contributed by atoms with Gasteiger partial charge in [0.15, 0.2) is 6.61 Å². The molecule has 7 heteroatoms. The number of carbonyl (C=O) groups excluding carboxylic acids is 1. The summed E-state index contributed by atoms with van der Waals surface area (Å²) < 4.78 is 11.3.